The SMILES string of the molecule is CCN(C(=O)c1cc(OC)ncc1Cl)C(C)COc1ccc(C(F)(F)F)cn1. The molecule has 1 atom stereocenters. The van der Waals surface area contributed by atoms with Gasteiger partial charge in [-0.15, -0.1) is 0 Å². The predicted molar refractivity (Wildman–Crippen MR) is 96.7 cm³/mol. The lowest BCUT2D eigenvalue weighted by Gasteiger charge is -2.28. The Bertz CT molecular complexity index is 816. The molecule has 2 heterocycles. The molecular weight excluding hydrogens is 399 g/mol. The van der Waals surface area contributed by atoms with Gasteiger partial charge in [0.1, 0.15) is 6.61 Å². The number of likely N-dealkylation sites (N-methyl/N-ethyl adjacent to an activating group) is 1. The van der Waals surface area contributed by atoms with Crippen LogP contribution in [0.5, 0.6) is 11.8 Å². The van der Waals surface area contributed by atoms with Crippen molar-refractivity contribution in [2.24, 2.45) is 0 Å². The van der Waals surface area contributed by atoms with Gasteiger partial charge in [-0.25, -0.2) is 9.97 Å². The fourth-order valence-electron chi connectivity index (χ4n) is 2.43. The van der Waals surface area contributed by atoms with Crippen molar-refractivity contribution < 1.29 is 27.4 Å². The van der Waals surface area contributed by atoms with Crippen LogP contribution in [0.25, 0.3) is 0 Å². The van der Waals surface area contributed by atoms with Crippen LogP contribution in [0.2, 0.25) is 5.02 Å². The molecule has 10 heteroatoms. The van der Waals surface area contributed by atoms with E-state index in [1.165, 1.54) is 24.3 Å². The van der Waals surface area contributed by atoms with E-state index in [1.54, 1.807) is 13.8 Å². The normalized spacial score (nSPS) is 12.4. The second kappa shape index (κ2) is 9.09. The van der Waals surface area contributed by atoms with Gasteiger partial charge >= 0.3 is 6.18 Å². The molecule has 0 fully saturated rings. The maximum absolute atomic E-state index is 12.8. The molecule has 2 aromatic rings. The first-order valence-corrected chi connectivity index (χ1v) is 8.71. The monoisotopic (exact) mass is 417 g/mol. The van der Waals surface area contributed by atoms with Gasteiger partial charge in [0.15, 0.2) is 0 Å². The van der Waals surface area contributed by atoms with Gasteiger partial charge in [-0.3, -0.25) is 4.79 Å². The van der Waals surface area contributed by atoms with Crippen molar-refractivity contribution in [2.75, 3.05) is 20.3 Å². The fraction of sp³-hybridized carbons (Fsp3) is 0.389. The molecule has 28 heavy (non-hydrogen) atoms. The number of ether oxygens (including phenoxy) is 2. The molecule has 1 unspecified atom stereocenters. The van der Waals surface area contributed by atoms with Crippen LogP contribution in [0, 0.1) is 0 Å². The van der Waals surface area contributed by atoms with Gasteiger partial charge in [-0.1, -0.05) is 11.6 Å². The highest BCUT2D eigenvalue weighted by atomic mass is 35.5. The highest BCUT2D eigenvalue weighted by molar-refractivity contribution is 6.33. The van der Waals surface area contributed by atoms with Gasteiger partial charge in [-0.2, -0.15) is 13.2 Å². The first-order valence-electron chi connectivity index (χ1n) is 8.33. The van der Waals surface area contributed by atoms with E-state index in [0.29, 0.717) is 12.7 Å². The third-order valence-corrected chi connectivity index (χ3v) is 4.24. The molecule has 1 amide bonds. The van der Waals surface area contributed by atoms with Crippen molar-refractivity contribution in [2.45, 2.75) is 26.1 Å². The number of hydrogen-bond donors (Lipinski definition) is 0. The minimum Gasteiger partial charge on any atom is -0.481 e. The van der Waals surface area contributed by atoms with Crippen LogP contribution >= 0.6 is 11.6 Å². The highest BCUT2D eigenvalue weighted by Gasteiger charge is 2.31. The first kappa shape index (κ1) is 21.7. The Morgan fingerprint density at radius 2 is 1.93 bits per heavy atom. The average Bonchev–Trinajstić information content (AvgIpc) is 2.66. The smallest absolute Gasteiger partial charge is 0.417 e. The zero-order valence-electron chi connectivity index (χ0n) is 15.5. The van der Waals surface area contributed by atoms with Gasteiger partial charge in [0, 0.05) is 24.9 Å². The zero-order chi connectivity index (χ0) is 20.9. The van der Waals surface area contributed by atoms with Crippen LogP contribution in [0.3, 0.4) is 0 Å². The Morgan fingerprint density at radius 3 is 2.46 bits per heavy atom. The molecule has 0 N–H and O–H groups in total. The van der Waals surface area contributed by atoms with Gasteiger partial charge in [0.05, 0.1) is 35.5 Å². The zero-order valence-corrected chi connectivity index (χ0v) is 16.2. The molecule has 0 saturated heterocycles. The van der Waals surface area contributed by atoms with Crippen molar-refractivity contribution in [3.63, 3.8) is 0 Å². The summed E-state index contributed by atoms with van der Waals surface area (Å²) in [7, 11) is 1.43. The number of alkyl halides is 3. The summed E-state index contributed by atoms with van der Waals surface area (Å²) in [6.45, 7) is 3.94. The Balaban J connectivity index is 2.07. The molecule has 152 valence electrons. The number of methoxy groups -OCH3 is 1. The van der Waals surface area contributed by atoms with Crippen molar-refractivity contribution in [3.8, 4) is 11.8 Å². The molecule has 0 spiro atoms. The minimum absolute atomic E-state index is 0.0342. The van der Waals surface area contributed by atoms with Crippen molar-refractivity contribution in [1.82, 2.24) is 14.9 Å². The van der Waals surface area contributed by atoms with Crippen molar-refractivity contribution in [1.29, 1.82) is 0 Å². The first-order chi connectivity index (χ1) is 13.2. The van der Waals surface area contributed by atoms with E-state index >= 15 is 0 Å². The largest absolute Gasteiger partial charge is 0.481 e. The number of pyridine rings is 2. The van der Waals surface area contributed by atoms with E-state index in [2.05, 4.69) is 9.97 Å². The Kier molecular flexibility index (Phi) is 7.06. The average molecular weight is 418 g/mol. The number of halogens is 4. The van der Waals surface area contributed by atoms with Gasteiger partial charge in [-0.05, 0) is 19.9 Å². The number of hydrogen-bond acceptors (Lipinski definition) is 5. The van der Waals surface area contributed by atoms with Crippen LogP contribution in [0.1, 0.15) is 29.8 Å². The molecular formula is C18H19ClF3N3O3. The summed E-state index contributed by atoms with van der Waals surface area (Å²) >= 11 is 6.08. The predicted octanol–water partition coefficient (Wildman–Crippen LogP) is 4.09. The van der Waals surface area contributed by atoms with Crippen LogP contribution < -0.4 is 9.47 Å². The third kappa shape index (κ3) is 5.25. The second-order valence-corrected chi connectivity index (χ2v) is 6.25. The maximum Gasteiger partial charge on any atom is 0.417 e. The molecule has 0 radical (unpaired) electrons. The van der Waals surface area contributed by atoms with Crippen LogP contribution in [0.15, 0.2) is 30.6 Å². The number of aromatic nitrogens is 2. The summed E-state index contributed by atoms with van der Waals surface area (Å²) < 4.78 is 48.2. The van der Waals surface area contributed by atoms with E-state index in [9.17, 15) is 18.0 Å². The minimum atomic E-state index is -4.46. The van der Waals surface area contributed by atoms with Gasteiger partial charge in [0.2, 0.25) is 11.8 Å². The molecule has 0 saturated carbocycles. The molecule has 0 aliphatic carbocycles. The maximum atomic E-state index is 12.8. The fourth-order valence-corrected chi connectivity index (χ4v) is 2.62. The quantitative estimate of drug-likeness (QED) is 0.679. The summed E-state index contributed by atoms with van der Waals surface area (Å²) in [5.41, 5.74) is -0.630. The highest BCUT2D eigenvalue weighted by Crippen LogP contribution is 2.29. The van der Waals surface area contributed by atoms with Crippen LogP contribution in [-0.2, 0) is 6.18 Å². The molecule has 0 bridgehead atoms. The molecule has 0 aliphatic rings. The van der Waals surface area contributed by atoms with E-state index in [1.807, 2.05) is 0 Å². The summed E-state index contributed by atoms with van der Waals surface area (Å²) in [5.74, 6) is -0.0571. The number of carbonyl (C=O) groups is 1. The third-order valence-electron chi connectivity index (χ3n) is 3.94. The van der Waals surface area contributed by atoms with Crippen molar-refractivity contribution in [3.05, 3.63) is 46.7 Å². The topological polar surface area (TPSA) is 64.6 Å². The summed E-state index contributed by atoms with van der Waals surface area (Å²) in [4.78, 5) is 21.9. The lowest BCUT2D eigenvalue weighted by atomic mass is 10.2. The van der Waals surface area contributed by atoms with Gasteiger partial charge in [0.25, 0.3) is 5.91 Å². The second-order valence-electron chi connectivity index (χ2n) is 5.84. The van der Waals surface area contributed by atoms with Gasteiger partial charge < -0.3 is 14.4 Å². The van der Waals surface area contributed by atoms with Crippen LogP contribution in [0.4, 0.5) is 13.2 Å². The Hall–Kier alpha value is -2.55. The van der Waals surface area contributed by atoms with E-state index in [4.69, 9.17) is 21.1 Å². The van der Waals surface area contributed by atoms with Crippen molar-refractivity contribution >= 4 is 17.5 Å². The Labute approximate surface area is 165 Å². The number of amides is 1. The molecule has 2 aromatic heterocycles. The number of rotatable bonds is 7. The van der Waals surface area contributed by atoms with E-state index in [-0.39, 0.29) is 34.9 Å². The molecule has 0 aliphatic heterocycles. The number of carbonyl (C=O) groups excluding carboxylic acids is 1. The lowest BCUT2D eigenvalue weighted by Crippen LogP contribution is -2.42. The summed E-state index contributed by atoms with van der Waals surface area (Å²) in [5, 5.41) is 0.182. The van der Waals surface area contributed by atoms with E-state index in [0.717, 1.165) is 12.1 Å². The standard InChI is InChI=1S/C18H19ClF3N3O3/c1-4-25(17(26)13-7-16(27-3)24-9-14(13)19)11(2)10-28-15-6-5-12(8-23-15)18(20,21)22/h5-9,11H,4,10H2,1-3H3. The molecule has 6 nitrogen and oxygen atoms in total. The molecule has 0 aromatic carbocycles. The van der Waals surface area contributed by atoms with Crippen LogP contribution in [-0.4, -0.2) is 47.1 Å². The summed E-state index contributed by atoms with van der Waals surface area (Å²) in [6.07, 6.45) is -2.43. The molecule has 2 rings (SSSR count). The lowest BCUT2D eigenvalue weighted by molar-refractivity contribution is -0.137. The van der Waals surface area contributed by atoms with E-state index < -0.39 is 17.8 Å². The Morgan fingerprint density at radius 1 is 1.25 bits per heavy atom. The number of nitrogens with zero attached hydrogens (tertiary/aromatic N) is 3. The summed E-state index contributed by atoms with van der Waals surface area (Å²) in [6, 6.07) is 3.08.